The standard InChI is InChI=1S/C15H20N2O3/c1-16-8-12(14(19)17(2)15(16)20)13(18)7-11-6-9-3-4-10(11)5-9/h8-11H,3-7H2,1-2H3. The molecule has 0 aliphatic heterocycles. The molecule has 0 N–H and O–H groups in total. The number of rotatable bonds is 3. The number of nitrogens with zero attached hydrogens (tertiary/aromatic N) is 2. The Hall–Kier alpha value is -1.65. The lowest BCUT2D eigenvalue weighted by Gasteiger charge is -2.20. The molecule has 1 aromatic heterocycles. The molecule has 108 valence electrons. The van der Waals surface area contributed by atoms with Crippen LogP contribution in [0.2, 0.25) is 0 Å². The maximum absolute atomic E-state index is 12.4. The van der Waals surface area contributed by atoms with E-state index in [0.29, 0.717) is 18.3 Å². The van der Waals surface area contributed by atoms with Crippen LogP contribution in [-0.2, 0) is 14.1 Å². The van der Waals surface area contributed by atoms with Crippen LogP contribution in [0.25, 0.3) is 0 Å². The monoisotopic (exact) mass is 276 g/mol. The van der Waals surface area contributed by atoms with E-state index in [2.05, 4.69) is 0 Å². The second-order valence-corrected chi connectivity index (χ2v) is 6.36. The van der Waals surface area contributed by atoms with Crippen molar-refractivity contribution in [2.75, 3.05) is 0 Å². The van der Waals surface area contributed by atoms with Gasteiger partial charge in [0.05, 0.1) is 5.56 Å². The molecule has 1 aromatic rings. The van der Waals surface area contributed by atoms with Gasteiger partial charge in [-0.25, -0.2) is 4.79 Å². The molecule has 2 saturated carbocycles. The number of carbonyl (C=O) groups is 1. The molecule has 1 heterocycles. The summed E-state index contributed by atoms with van der Waals surface area (Å²) in [6, 6.07) is 0. The Balaban J connectivity index is 1.85. The third kappa shape index (κ3) is 2.05. The van der Waals surface area contributed by atoms with Gasteiger partial charge in [-0.1, -0.05) is 6.42 Å². The van der Waals surface area contributed by atoms with Crippen LogP contribution >= 0.6 is 0 Å². The Morgan fingerprint density at radius 1 is 1.25 bits per heavy atom. The molecular weight excluding hydrogens is 256 g/mol. The number of aromatic nitrogens is 2. The lowest BCUT2D eigenvalue weighted by molar-refractivity contribution is 0.0941. The van der Waals surface area contributed by atoms with Crippen LogP contribution in [0.4, 0.5) is 0 Å². The number of aryl methyl sites for hydroxylation is 1. The summed E-state index contributed by atoms with van der Waals surface area (Å²) in [5, 5.41) is 0. The number of hydrogen-bond acceptors (Lipinski definition) is 3. The first-order valence-corrected chi connectivity index (χ1v) is 7.27. The van der Waals surface area contributed by atoms with Crippen molar-refractivity contribution in [2.45, 2.75) is 32.1 Å². The van der Waals surface area contributed by atoms with Gasteiger partial charge in [-0.15, -0.1) is 0 Å². The second-order valence-electron chi connectivity index (χ2n) is 6.36. The van der Waals surface area contributed by atoms with Gasteiger partial charge in [0.2, 0.25) is 0 Å². The van der Waals surface area contributed by atoms with Crippen molar-refractivity contribution in [2.24, 2.45) is 31.8 Å². The fourth-order valence-electron chi connectivity index (χ4n) is 3.97. The maximum Gasteiger partial charge on any atom is 0.330 e. The van der Waals surface area contributed by atoms with E-state index in [9.17, 15) is 14.4 Å². The van der Waals surface area contributed by atoms with E-state index in [-0.39, 0.29) is 11.3 Å². The predicted octanol–water partition coefficient (Wildman–Crippen LogP) is 1.09. The largest absolute Gasteiger partial charge is 0.330 e. The van der Waals surface area contributed by atoms with Crippen LogP contribution in [0.5, 0.6) is 0 Å². The lowest BCUT2D eigenvalue weighted by Crippen LogP contribution is -2.39. The summed E-state index contributed by atoms with van der Waals surface area (Å²) in [6.07, 6.45) is 6.76. The van der Waals surface area contributed by atoms with E-state index in [1.165, 1.54) is 37.1 Å². The summed E-state index contributed by atoms with van der Waals surface area (Å²) in [7, 11) is 2.98. The summed E-state index contributed by atoms with van der Waals surface area (Å²) >= 11 is 0. The molecule has 0 radical (unpaired) electrons. The van der Waals surface area contributed by atoms with Crippen molar-refractivity contribution >= 4 is 5.78 Å². The van der Waals surface area contributed by atoms with Gasteiger partial charge in [0.15, 0.2) is 5.78 Å². The highest BCUT2D eigenvalue weighted by atomic mass is 16.2. The van der Waals surface area contributed by atoms with Crippen molar-refractivity contribution in [1.29, 1.82) is 0 Å². The number of fused-ring (bicyclic) bond motifs is 2. The molecule has 2 fully saturated rings. The van der Waals surface area contributed by atoms with Gasteiger partial charge in [0.25, 0.3) is 5.56 Å². The van der Waals surface area contributed by atoms with Gasteiger partial charge in [-0.05, 0) is 37.0 Å². The summed E-state index contributed by atoms with van der Waals surface area (Å²) in [5.74, 6) is 1.78. The molecule has 3 rings (SSSR count). The molecule has 0 spiro atoms. The third-order valence-corrected chi connectivity index (χ3v) is 5.08. The number of Topliss-reactive ketones (excluding diaryl/α,β-unsaturated/α-hetero) is 1. The maximum atomic E-state index is 12.4. The van der Waals surface area contributed by atoms with Gasteiger partial charge >= 0.3 is 5.69 Å². The van der Waals surface area contributed by atoms with Crippen LogP contribution in [0.15, 0.2) is 15.8 Å². The zero-order valence-corrected chi connectivity index (χ0v) is 12.0. The minimum atomic E-state index is -0.471. The molecule has 5 nitrogen and oxygen atoms in total. The van der Waals surface area contributed by atoms with E-state index in [1.807, 2.05) is 0 Å². The Morgan fingerprint density at radius 3 is 2.60 bits per heavy atom. The number of hydrogen-bond donors (Lipinski definition) is 0. The average molecular weight is 276 g/mol. The van der Waals surface area contributed by atoms with Crippen molar-refractivity contribution < 1.29 is 4.79 Å². The lowest BCUT2D eigenvalue weighted by atomic mass is 9.84. The zero-order valence-electron chi connectivity index (χ0n) is 12.0. The van der Waals surface area contributed by atoms with Crippen LogP contribution < -0.4 is 11.2 Å². The minimum Gasteiger partial charge on any atom is -0.303 e. The zero-order chi connectivity index (χ0) is 14.4. The molecule has 3 atom stereocenters. The minimum absolute atomic E-state index is 0.112. The van der Waals surface area contributed by atoms with E-state index in [1.54, 1.807) is 7.05 Å². The summed E-state index contributed by atoms with van der Waals surface area (Å²) < 4.78 is 2.31. The van der Waals surface area contributed by atoms with Crippen molar-refractivity contribution in [1.82, 2.24) is 9.13 Å². The van der Waals surface area contributed by atoms with Gasteiger partial charge in [0, 0.05) is 26.7 Å². The summed E-state index contributed by atoms with van der Waals surface area (Å²) in [5.41, 5.74) is -0.717. The highest BCUT2D eigenvalue weighted by molar-refractivity contribution is 5.95. The molecule has 2 bridgehead atoms. The van der Waals surface area contributed by atoms with Crippen molar-refractivity contribution in [3.8, 4) is 0 Å². The summed E-state index contributed by atoms with van der Waals surface area (Å²) in [6.45, 7) is 0. The molecule has 0 aromatic carbocycles. The van der Waals surface area contributed by atoms with Crippen LogP contribution in [0.3, 0.4) is 0 Å². The molecule has 3 unspecified atom stereocenters. The SMILES string of the molecule is Cn1cc(C(=O)CC2CC3CCC2C3)c(=O)n(C)c1=O. The van der Waals surface area contributed by atoms with Crippen molar-refractivity contribution in [3.63, 3.8) is 0 Å². The summed E-state index contributed by atoms with van der Waals surface area (Å²) in [4.78, 5) is 36.1. The van der Waals surface area contributed by atoms with E-state index in [4.69, 9.17) is 0 Å². The molecular formula is C15H20N2O3. The smallest absolute Gasteiger partial charge is 0.303 e. The van der Waals surface area contributed by atoms with E-state index in [0.717, 1.165) is 16.9 Å². The fraction of sp³-hybridized carbons (Fsp3) is 0.667. The van der Waals surface area contributed by atoms with Gasteiger partial charge in [0.1, 0.15) is 0 Å². The van der Waals surface area contributed by atoms with E-state index >= 15 is 0 Å². The van der Waals surface area contributed by atoms with Crippen molar-refractivity contribution in [3.05, 3.63) is 32.6 Å². The average Bonchev–Trinajstić information content (AvgIpc) is 3.02. The third-order valence-electron chi connectivity index (χ3n) is 5.08. The molecule has 0 saturated heterocycles. The normalized spacial score (nSPS) is 28.0. The highest BCUT2D eigenvalue weighted by Gasteiger charge is 2.40. The Labute approximate surface area is 117 Å². The fourth-order valence-corrected chi connectivity index (χ4v) is 3.97. The Morgan fingerprint density at radius 2 is 2.00 bits per heavy atom. The molecule has 20 heavy (non-hydrogen) atoms. The van der Waals surface area contributed by atoms with Gasteiger partial charge in [-0.2, -0.15) is 0 Å². The number of carbonyl (C=O) groups excluding carboxylic acids is 1. The Kier molecular flexibility index (Phi) is 3.15. The topological polar surface area (TPSA) is 61.1 Å². The molecule has 2 aliphatic carbocycles. The predicted molar refractivity (Wildman–Crippen MR) is 74.8 cm³/mol. The molecule has 2 aliphatic rings. The molecule has 0 amide bonds. The van der Waals surface area contributed by atoms with Crippen LogP contribution in [0.1, 0.15) is 42.5 Å². The van der Waals surface area contributed by atoms with E-state index < -0.39 is 11.2 Å². The quantitative estimate of drug-likeness (QED) is 0.776. The van der Waals surface area contributed by atoms with Crippen LogP contribution in [0, 0.1) is 17.8 Å². The first-order valence-electron chi connectivity index (χ1n) is 7.27. The second kappa shape index (κ2) is 4.72. The Bertz CT molecular complexity index is 671. The first kappa shape index (κ1) is 13.3. The van der Waals surface area contributed by atoms with Crippen LogP contribution in [-0.4, -0.2) is 14.9 Å². The van der Waals surface area contributed by atoms with Gasteiger partial charge < -0.3 is 4.57 Å². The highest BCUT2D eigenvalue weighted by Crippen LogP contribution is 2.49. The first-order chi connectivity index (χ1) is 9.47. The number of ketones is 1. The molecule has 5 heteroatoms. The van der Waals surface area contributed by atoms with Gasteiger partial charge in [-0.3, -0.25) is 14.2 Å².